The molecule has 0 N–H and O–H groups in total. The van der Waals surface area contributed by atoms with E-state index >= 15 is 0 Å². The Morgan fingerprint density at radius 1 is 1.08 bits per heavy atom. The highest BCUT2D eigenvalue weighted by molar-refractivity contribution is 4.87. The van der Waals surface area contributed by atoms with Crippen LogP contribution in [0.1, 0.15) is 39.5 Å². The van der Waals surface area contributed by atoms with E-state index in [-0.39, 0.29) is 0 Å². The van der Waals surface area contributed by atoms with Crippen LogP contribution in [0.4, 0.5) is 0 Å². The van der Waals surface area contributed by atoms with Gasteiger partial charge in [-0.1, -0.05) is 38.8 Å². The van der Waals surface area contributed by atoms with Crippen LogP contribution in [0.2, 0.25) is 0 Å². The fraction of sp³-hybridized carbons (Fsp3) is 0.833. The summed E-state index contributed by atoms with van der Waals surface area (Å²) in [6, 6.07) is 0. The second-order valence-corrected chi connectivity index (χ2v) is 4.03. The minimum Gasteiger partial charge on any atom is -0.302 e. The van der Waals surface area contributed by atoms with Crippen molar-refractivity contribution in [2.24, 2.45) is 5.92 Å². The van der Waals surface area contributed by atoms with Crippen molar-refractivity contribution in [3.05, 3.63) is 12.2 Å². The van der Waals surface area contributed by atoms with E-state index in [0.717, 1.165) is 5.92 Å². The van der Waals surface area contributed by atoms with Gasteiger partial charge in [-0.3, -0.25) is 0 Å². The van der Waals surface area contributed by atoms with E-state index in [0.29, 0.717) is 0 Å². The summed E-state index contributed by atoms with van der Waals surface area (Å²) >= 11 is 0. The third-order valence-electron chi connectivity index (χ3n) is 3.06. The molecule has 1 heterocycles. The van der Waals surface area contributed by atoms with E-state index in [1.807, 2.05) is 0 Å². The standard InChI is InChI=1S/C12H23N/c1-3-12(4-2)11-13-9-7-5-6-8-10-13/h5-6,12H,3-4,7-11H2,1-2H3. The van der Waals surface area contributed by atoms with Gasteiger partial charge in [0.05, 0.1) is 0 Å². The third-order valence-corrected chi connectivity index (χ3v) is 3.06. The lowest BCUT2D eigenvalue weighted by molar-refractivity contribution is 0.234. The van der Waals surface area contributed by atoms with Crippen LogP contribution in [0.25, 0.3) is 0 Å². The first kappa shape index (κ1) is 10.8. The molecule has 1 aliphatic heterocycles. The summed E-state index contributed by atoms with van der Waals surface area (Å²) < 4.78 is 0. The number of nitrogens with zero attached hydrogens (tertiary/aromatic N) is 1. The van der Waals surface area contributed by atoms with Gasteiger partial charge in [0.15, 0.2) is 0 Å². The molecule has 0 radical (unpaired) electrons. The molecule has 0 aromatic carbocycles. The minimum absolute atomic E-state index is 0.915. The Morgan fingerprint density at radius 3 is 2.08 bits per heavy atom. The largest absolute Gasteiger partial charge is 0.302 e. The molecule has 1 aliphatic rings. The summed E-state index contributed by atoms with van der Waals surface area (Å²) in [6.45, 7) is 8.48. The van der Waals surface area contributed by atoms with Crippen molar-refractivity contribution in [3.8, 4) is 0 Å². The normalized spacial score (nSPS) is 19.3. The first-order chi connectivity index (χ1) is 6.36. The molecule has 0 atom stereocenters. The van der Waals surface area contributed by atoms with E-state index in [4.69, 9.17) is 0 Å². The maximum Gasteiger partial charge on any atom is 0.00161 e. The van der Waals surface area contributed by atoms with E-state index in [2.05, 4.69) is 30.9 Å². The number of hydrogen-bond acceptors (Lipinski definition) is 1. The van der Waals surface area contributed by atoms with Crippen LogP contribution in [0.5, 0.6) is 0 Å². The van der Waals surface area contributed by atoms with Gasteiger partial charge >= 0.3 is 0 Å². The second kappa shape index (κ2) is 6.20. The zero-order valence-corrected chi connectivity index (χ0v) is 9.13. The Hall–Kier alpha value is -0.300. The molecule has 0 unspecified atom stereocenters. The summed E-state index contributed by atoms with van der Waals surface area (Å²) in [7, 11) is 0. The molecule has 0 aliphatic carbocycles. The predicted molar refractivity (Wildman–Crippen MR) is 58.9 cm³/mol. The molecule has 1 rings (SSSR count). The zero-order chi connectivity index (χ0) is 9.52. The van der Waals surface area contributed by atoms with Crippen LogP contribution in [0.15, 0.2) is 12.2 Å². The lowest BCUT2D eigenvalue weighted by Gasteiger charge is -2.24. The van der Waals surface area contributed by atoms with Gasteiger partial charge in [0.25, 0.3) is 0 Å². The smallest absolute Gasteiger partial charge is 0.00161 e. The van der Waals surface area contributed by atoms with E-state index in [1.165, 1.54) is 45.3 Å². The maximum absolute atomic E-state index is 2.62. The molecule has 0 aromatic heterocycles. The number of rotatable bonds is 4. The third kappa shape index (κ3) is 3.95. The van der Waals surface area contributed by atoms with Crippen LogP contribution in [0, 0.1) is 5.92 Å². The van der Waals surface area contributed by atoms with Gasteiger partial charge < -0.3 is 4.90 Å². The van der Waals surface area contributed by atoms with Gasteiger partial charge in [-0.15, -0.1) is 0 Å². The molecule has 0 bridgehead atoms. The molecule has 0 saturated heterocycles. The van der Waals surface area contributed by atoms with E-state index < -0.39 is 0 Å². The van der Waals surface area contributed by atoms with Gasteiger partial charge in [-0.25, -0.2) is 0 Å². The summed E-state index contributed by atoms with van der Waals surface area (Å²) in [5.74, 6) is 0.915. The van der Waals surface area contributed by atoms with Gasteiger partial charge in [0, 0.05) is 19.6 Å². The molecule has 0 saturated carbocycles. The average molecular weight is 181 g/mol. The molecule has 1 nitrogen and oxygen atoms in total. The molecule has 0 aromatic rings. The Labute approximate surface area is 82.8 Å². The molecule has 1 heteroatoms. The molecule has 76 valence electrons. The topological polar surface area (TPSA) is 3.24 Å². The Kier molecular flexibility index (Phi) is 5.14. The second-order valence-electron chi connectivity index (χ2n) is 4.03. The van der Waals surface area contributed by atoms with Crippen molar-refractivity contribution < 1.29 is 0 Å². The van der Waals surface area contributed by atoms with Crippen molar-refractivity contribution in [1.82, 2.24) is 4.90 Å². The molecular formula is C12H23N. The van der Waals surface area contributed by atoms with E-state index in [1.54, 1.807) is 0 Å². The van der Waals surface area contributed by atoms with E-state index in [9.17, 15) is 0 Å². The van der Waals surface area contributed by atoms with Crippen molar-refractivity contribution in [2.75, 3.05) is 19.6 Å². The van der Waals surface area contributed by atoms with Gasteiger partial charge in [-0.2, -0.15) is 0 Å². The van der Waals surface area contributed by atoms with Crippen molar-refractivity contribution >= 4 is 0 Å². The predicted octanol–water partition coefficient (Wildman–Crippen LogP) is 3.07. The highest BCUT2D eigenvalue weighted by Gasteiger charge is 2.10. The lowest BCUT2D eigenvalue weighted by Crippen LogP contribution is -2.30. The molecule has 0 spiro atoms. The fourth-order valence-electron chi connectivity index (χ4n) is 1.96. The van der Waals surface area contributed by atoms with Crippen LogP contribution in [-0.4, -0.2) is 24.5 Å². The van der Waals surface area contributed by atoms with Crippen LogP contribution >= 0.6 is 0 Å². The Bertz CT molecular complexity index is 137. The quantitative estimate of drug-likeness (QED) is 0.602. The summed E-state index contributed by atoms with van der Waals surface area (Å²) in [5, 5.41) is 0. The van der Waals surface area contributed by atoms with Crippen LogP contribution in [0.3, 0.4) is 0 Å². The SMILES string of the molecule is CCC(CC)CN1CCC=CCC1. The lowest BCUT2D eigenvalue weighted by atomic mass is 10.0. The van der Waals surface area contributed by atoms with Crippen LogP contribution in [-0.2, 0) is 0 Å². The van der Waals surface area contributed by atoms with Gasteiger partial charge in [0.2, 0.25) is 0 Å². The van der Waals surface area contributed by atoms with Crippen LogP contribution < -0.4 is 0 Å². The van der Waals surface area contributed by atoms with Crippen molar-refractivity contribution in [1.29, 1.82) is 0 Å². The highest BCUT2D eigenvalue weighted by atomic mass is 15.1. The maximum atomic E-state index is 2.62. The average Bonchev–Trinajstić information content (AvgIpc) is 2.42. The fourth-order valence-corrected chi connectivity index (χ4v) is 1.96. The first-order valence-corrected chi connectivity index (χ1v) is 5.74. The zero-order valence-electron chi connectivity index (χ0n) is 9.13. The van der Waals surface area contributed by atoms with Gasteiger partial charge in [-0.05, 0) is 18.8 Å². The molecule has 0 amide bonds. The van der Waals surface area contributed by atoms with Crippen molar-refractivity contribution in [3.63, 3.8) is 0 Å². The molecule has 13 heavy (non-hydrogen) atoms. The Morgan fingerprint density at radius 2 is 1.62 bits per heavy atom. The summed E-state index contributed by atoms with van der Waals surface area (Å²) in [4.78, 5) is 2.62. The monoisotopic (exact) mass is 181 g/mol. The molecule has 0 fully saturated rings. The summed E-state index contributed by atoms with van der Waals surface area (Å²) in [6.07, 6.45) is 9.82. The van der Waals surface area contributed by atoms with Crippen molar-refractivity contribution in [2.45, 2.75) is 39.5 Å². The summed E-state index contributed by atoms with van der Waals surface area (Å²) in [5.41, 5.74) is 0. The highest BCUT2D eigenvalue weighted by Crippen LogP contribution is 2.12. The van der Waals surface area contributed by atoms with Gasteiger partial charge in [0.1, 0.15) is 0 Å². The first-order valence-electron chi connectivity index (χ1n) is 5.74. The number of hydrogen-bond donors (Lipinski definition) is 0. The minimum atomic E-state index is 0.915. The Balaban J connectivity index is 2.26. The molecular weight excluding hydrogens is 158 g/mol.